The Labute approximate surface area is 144 Å². The minimum Gasteiger partial charge on any atom is -0.481 e. The number of hydrogen-bond acceptors (Lipinski definition) is 3. The quantitative estimate of drug-likeness (QED) is 0.784. The second kappa shape index (κ2) is 7.99. The predicted molar refractivity (Wildman–Crippen MR) is 88.0 cm³/mol. The molecule has 1 aliphatic heterocycles. The zero-order chi connectivity index (χ0) is 16.9. The van der Waals surface area contributed by atoms with Crippen LogP contribution in [0.1, 0.15) is 31.2 Å². The van der Waals surface area contributed by atoms with Crippen molar-refractivity contribution >= 4 is 35.1 Å². The second-order valence-electron chi connectivity index (χ2n) is 5.80. The SMILES string of the molecule is O=C(O)CC1(NC(=O)CCCc2ccc(Cl)c(Cl)c2)CCOC1. The molecule has 0 radical (unpaired) electrons. The zero-order valence-corrected chi connectivity index (χ0v) is 14.1. The summed E-state index contributed by atoms with van der Waals surface area (Å²) in [6, 6.07) is 5.40. The summed E-state index contributed by atoms with van der Waals surface area (Å²) in [4.78, 5) is 23.1. The lowest BCUT2D eigenvalue weighted by Crippen LogP contribution is -2.50. The number of ether oxygens (including phenoxy) is 1. The number of amides is 1. The van der Waals surface area contributed by atoms with E-state index in [2.05, 4.69) is 5.32 Å². The van der Waals surface area contributed by atoms with Gasteiger partial charge < -0.3 is 15.2 Å². The molecule has 0 spiro atoms. The molecule has 1 heterocycles. The molecule has 1 amide bonds. The van der Waals surface area contributed by atoms with Crippen molar-refractivity contribution in [1.82, 2.24) is 5.32 Å². The topological polar surface area (TPSA) is 75.6 Å². The average molecular weight is 360 g/mol. The minimum absolute atomic E-state index is 0.120. The molecule has 0 bridgehead atoms. The summed E-state index contributed by atoms with van der Waals surface area (Å²) in [7, 11) is 0. The third-order valence-electron chi connectivity index (χ3n) is 3.85. The number of carbonyl (C=O) groups is 2. The average Bonchev–Trinajstić information content (AvgIpc) is 2.89. The normalized spacial score (nSPS) is 20.4. The van der Waals surface area contributed by atoms with Gasteiger partial charge in [-0.05, 0) is 37.0 Å². The van der Waals surface area contributed by atoms with Gasteiger partial charge in [-0.1, -0.05) is 29.3 Å². The van der Waals surface area contributed by atoms with Gasteiger partial charge in [0.25, 0.3) is 0 Å². The molecule has 1 saturated heterocycles. The number of hydrogen-bond donors (Lipinski definition) is 2. The summed E-state index contributed by atoms with van der Waals surface area (Å²) < 4.78 is 5.26. The Morgan fingerprint density at radius 2 is 2.09 bits per heavy atom. The fraction of sp³-hybridized carbons (Fsp3) is 0.500. The van der Waals surface area contributed by atoms with E-state index < -0.39 is 11.5 Å². The molecule has 5 nitrogen and oxygen atoms in total. The number of nitrogens with one attached hydrogen (secondary N) is 1. The van der Waals surface area contributed by atoms with Crippen LogP contribution in [0.5, 0.6) is 0 Å². The molecule has 126 valence electrons. The van der Waals surface area contributed by atoms with Gasteiger partial charge >= 0.3 is 5.97 Å². The molecule has 1 aromatic rings. The molecule has 7 heteroatoms. The van der Waals surface area contributed by atoms with Crippen LogP contribution in [-0.4, -0.2) is 35.7 Å². The van der Waals surface area contributed by atoms with Crippen molar-refractivity contribution in [1.29, 1.82) is 0 Å². The van der Waals surface area contributed by atoms with E-state index in [0.717, 1.165) is 5.56 Å². The van der Waals surface area contributed by atoms with Crippen molar-refractivity contribution in [3.8, 4) is 0 Å². The van der Waals surface area contributed by atoms with E-state index in [1.165, 1.54) is 0 Å². The highest BCUT2D eigenvalue weighted by molar-refractivity contribution is 6.42. The third kappa shape index (κ3) is 5.37. The lowest BCUT2D eigenvalue weighted by molar-refractivity contribution is -0.139. The van der Waals surface area contributed by atoms with Crippen molar-refractivity contribution in [3.63, 3.8) is 0 Å². The number of aliphatic carboxylic acids is 1. The number of carbonyl (C=O) groups excluding carboxylic acids is 1. The largest absolute Gasteiger partial charge is 0.481 e. The van der Waals surface area contributed by atoms with Crippen LogP contribution >= 0.6 is 23.2 Å². The Bertz CT molecular complexity index is 585. The van der Waals surface area contributed by atoms with Crippen LogP contribution in [0.3, 0.4) is 0 Å². The van der Waals surface area contributed by atoms with Gasteiger partial charge in [0.15, 0.2) is 0 Å². The summed E-state index contributed by atoms with van der Waals surface area (Å²) in [5.74, 6) is -1.09. The molecular weight excluding hydrogens is 341 g/mol. The molecule has 1 atom stereocenters. The van der Waals surface area contributed by atoms with Gasteiger partial charge in [0.2, 0.25) is 5.91 Å². The van der Waals surface area contributed by atoms with Gasteiger partial charge in [-0.2, -0.15) is 0 Å². The molecule has 0 aromatic heterocycles. The Hall–Kier alpha value is -1.30. The Morgan fingerprint density at radius 1 is 1.30 bits per heavy atom. The third-order valence-corrected chi connectivity index (χ3v) is 4.59. The smallest absolute Gasteiger partial charge is 0.305 e. The Kier molecular flexibility index (Phi) is 6.27. The molecule has 1 aromatic carbocycles. The number of carboxylic acid groups (broad SMARTS) is 1. The first-order valence-electron chi connectivity index (χ1n) is 7.45. The van der Waals surface area contributed by atoms with Gasteiger partial charge in [0.1, 0.15) is 0 Å². The summed E-state index contributed by atoms with van der Waals surface area (Å²) in [5.41, 5.74) is 0.239. The highest BCUT2D eigenvalue weighted by Crippen LogP contribution is 2.24. The van der Waals surface area contributed by atoms with E-state index in [0.29, 0.717) is 42.3 Å². The van der Waals surface area contributed by atoms with Crippen LogP contribution in [-0.2, 0) is 20.7 Å². The van der Waals surface area contributed by atoms with Gasteiger partial charge in [-0.3, -0.25) is 9.59 Å². The monoisotopic (exact) mass is 359 g/mol. The van der Waals surface area contributed by atoms with E-state index in [1.807, 2.05) is 6.07 Å². The van der Waals surface area contributed by atoms with Crippen LogP contribution in [0.15, 0.2) is 18.2 Å². The number of carboxylic acids is 1. The second-order valence-corrected chi connectivity index (χ2v) is 6.62. The van der Waals surface area contributed by atoms with Crippen LogP contribution in [0.25, 0.3) is 0 Å². The van der Waals surface area contributed by atoms with Gasteiger partial charge in [-0.25, -0.2) is 0 Å². The maximum atomic E-state index is 12.1. The van der Waals surface area contributed by atoms with Crippen molar-refractivity contribution in [3.05, 3.63) is 33.8 Å². The van der Waals surface area contributed by atoms with E-state index in [-0.39, 0.29) is 18.9 Å². The molecule has 0 saturated carbocycles. The highest BCUT2D eigenvalue weighted by Gasteiger charge is 2.38. The molecule has 1 unspecified atom stereocenters. The highest BCUT2D eigenvalue weighted by atomic mass is 35.5. The summed E-state index contributed by atoms with van der Waals surface area (Å²) in [6.07, 6.45) is 2.07. The minimum atomic E-state index is -0.938. The first-order chi connectivity index (χ1) is 10.9. The molecular formula is C16H19Cl2NO4. The van der Waals surface area contributed by atoms with E-state index in [1.54, 1.807) is 12.1 Å². The molecule has 2 rings (SSSR count). The van der Waals surface area contributed by atoms with Crippen molar-refractivity contribution < 1.29 is 19.4 Å². The summed E-state index contributed by atoms with van der Waals surface area (Å²) in [6.45, 7) is 0.717. The fourth-order valence-corrected chi connectivity index (χ4v) is 3.01. The zero-order valence-electron chi connectivity index (χ0n) is 12.6. The lowest BCUT2D eigenvalue weighted by Gasteiger charge is -2.27. The number of aryl methyl sites for hydroxylation is 1. The van der Waals surface area contributed by atoms with E-state index >= 15 is 0 Å². The maximum absolute atomic E-state index is 12.1. The number of halogens is 2. The molecule has 2 N–H and O–H groups in total. The summed E-state index contributed by atoms with van der Waals surface area (Å²) in [5, 5.41) is 12.8. The first-order valence-corrected chi connectivity index (χ1v) is 8.20. The van der Waals surface area contributed by atoms with Gasteiger partial charge in [0.05, 0.1) is 28.6 Å². The molecule has 1 fully saturated rings. The van der Waals surface area contributed by atoms with Crippen molar-refractivity contribution in [2.45, 2.75) is 37.6 Å². The molecule has 23 heavy (non-hydrogen) atoms. The summed E-state index contributed by atoms with van der Waals surface area (Å²) >= 11 is 11.8. The Balaban J connectivity index is 1.82. The van der Waals surface area contributed by atoms with Gasteiger partial charge in [0, 0.05) is 13.0 Å². The van der Waals surface area contributed by atoms with Crippen LogP contribution < -0.4 is 5.32 Å². The van der Waals surface area contributed by atoms with Crippen LogP contribution in [0.4, 0.5) is 0 Å². The Morgan fingerprint density at radius 3 is 2.70 bits per heavy atom. The molecule has 0 aliphatic carbocycles. The fourth-order valence-electron chi connectivity index (χ4n) is 2.69. The lowest BCUT2D eigenvalue weighted by atomic mass is 9.94. The van der Waals surface area contributed by atoms with Crippen LogP contribution in [0.2, 0.25) is 10.0 Å². The molecule has 1 aliphatic rings. The van der Waals surface area contributed by atoms with Gasteiger partial charge in [-0.15, -0.1) is 0 Å². The van der Waals surface area contributed by atoms with Crippen molar-refractivity contribution in [2.24, 2.45) is 0 Å². The maximum Gasteiger partial charge on any atom is 0.305 e. The standard InChI is InChI=1S/C16H19Cl2NO4/c17-12-5-4-11(8-13(12)18)2-1-3-14(20)19-16(9-15(21)22)6-7-23-10-16/h4-5,8H,1-3,6-7,9-10H2,(H,19,20)(H,21,22). The van der Waals surface area contributed by atoms with E-state index in [4.69, 9.17) is 33.0 Å². The van der Waals surface area contributed by atoms with Crippen LogP contribution in [0, 0.1) is 0 Å². The van der Waals surface area contributed by atoms with E-state index in [9.17, 15) is 9.59 Å². The number of rotatable bonds is 7. The van der Waals surface area contributed by atoms with Crippen molar-refractivity contribution in [2.75, 3.05) is 13.2 Å². The number of benzene rings is 1. The predicted octanol–water partition coefficient (Wildman–Crippen LogP) is 3.07. The first kappa shape index (κ1) is 18.0.